The summed E-state index contributed by atoms with van der Waals surface area (Å²) < 4.78 is 13.3. The van der Waals surface area contributed by atoms with E-state index in [1.807, 2.05) is 7.05 Å². The number of benzene rings is 1. The lowest BCUT2D eigenvalue weighted by molar-refractivity contribution is 0.0257. The van der Waals surface area contributed by atoms with Crippen LogP contribution >= 0.6 is 0 Å². The Kier molecular flexibility index (Phi) is 4.11. The quantitative estimate of drug-likeness (QED) is 0.887. The summed E-state index contributed by atoms with van der Waals surface area (Å²) >= 11 is 0. The van der Waals surface area contributed by atoms with Crippen molar-refractivity contribution in [3.05, 3.63) is 29.6 Å². The second kappa shape index (κ2) is 5.47. The molecule has 1 aromatic carbocycles. The highest BCUT2D eigenvalue weighted by Crippen LogP contribution is 2.37. The van der Waals surface area contributed by atoms with Crippen molar-refractivity contribution >= 4 is 0 Å². The molecular weight excluding hydrogens is 243 g/mol. The van der Waals surface area contributed by atoms with Crippen LogP contribution in [0.5, 0.6) is 5.75 Å². The molecule has 0 unspecified atom stereocenters. The van der Waals surface area contributed by atoms with Crippen LogP contribution in [0, 0.1) is 5.82 Å². The summed E-state index contributed by atoms with van der Waals surface area (Å²) in [4.78, 5) is 4.45. The predicted octanol–water partition coefficient (Wildman–Crippen LogP) is 2.45. The van der Waals surface area contributed by atoms with Crippen molar-refractivity contribution in [2.45, 2.75) is 31.3 Å². The summed E-state index contributed by atoms with van der Waals surface area (Å²) in [5.41, 5.74) is 0.897. The molecule has 1 aromatic rings. The highest BCUT2D eigenvalue weighted by Gasteiger charge is 2.39. The Morgan fingerprint density at radius 2 is 1.95 bits per heavy atom. The van der Waals surface area contributed by atoms with Crippen LogP contribution in [0.1, 0.15) is 24.8 Å². The Bertz CT molecular complexity index is 444. The first-order valence-electron chi connectivity index (χ1n) is 6.77. The molecule has 1 fully saturated rings. The van der Waals surface area contributed by atoms with Crippen LogP contribution in [0.15, 0.2) is 18.2 Å². The molecule has 0 heterocycles. The summed E-state index contributed by atoms with van der Waals surface area (Å²) in [5.74, 6) is -0.765. The van der Waals surface area contributed by atoms with Crippen LogP contribution in [0.2, 0.25) is 0 Å². The van der Waals surface area contributed by atoms with Gasteiger partial charge in [-0.25, -0.2) is 4.39 Å². The van der Waals surface area contributed by atoms with Crippen molar-refractivity contribution in [1.29, 1.82) is 0 Å². The summed E-state index contributed by atoms with van der Waals surface area (Å²) in [6.07, 6.45) is 3.69. The van der Waals surface area contributed by atoms with E-state index in [-0.39, 0.29) is 11.3 Å². The maximum absolute atomic E-state index is 13.3. The second-order valence-electron chi connectivity index (χ2n) is 5.89. The molecule has 0 aromatic heterocycles. The zero-order chi connectivity index (χ0) is 14.0. The Balaban J connectivity index is 2.01. The first-order valence-corrected chi connectivity index (χ1v) is 6.77. The summed E-state index contributed by atoms with van der Waals surface area (Å²) in [5, 5.41) is 9.71. The molecule has 2 rings (SSSR count). The highest BCUT2D eigenvalue weighted by molar-refractivity contribution is 5.33. The van der Waals surface area contributed by atoms with Gasteiger partial charge in [-0.15, -0.1) is 0 Å². The molecule has 106 valence electrons. The molecule has 1 aliphatic rings. The van der Waals surface area contributed by atoms with Gasteiger partial charge in [0.15, 0.2) is 11.6 Å². The number of hydrogen-bond acceptors (Lipinski definition) is 3. The van der Waals surface area contributed by atoms with Gasteiger partial charge in [-0.3, -0.25) is 0 Å². The topological polar surface area (TPSA) is 26.7 Å². The van der Waals surface area contributed by atoms with E-state index in [0.717, 1.165) is 6.54 Å². The molecule has 0 bridgehead atoms. The SMILES string of the molecule is CN(Cc1cccc(F)c1O)CC1(N(C)C)CCC1. The largest absolute Gasteiger partial charge is 0.505 e. The van der Waals surface area contributed by atoms with Gasteiger partial charge < -0.3 is 14.9 Å². The summed E-state index contributed by atoms with van der Waals surface area (Å²) in [6.45, 7) is 1.51. The third kappa shape index (κ3) is 2.90. The maximum Gasteiger partial charge on any atom is 0.165 e. The van der Waals surface area contributed by atoms with Gasteiger partial charge in [0.1, 0.15) is 0 Å². The smallest absolute Gasteiger partial charge is 0.165 e. The number of phenols is 1. The molecule has 0 atom stereocenters. The molecule has 1 N–H and O–H groups in total. The fraction of sp³-hybridized carbons (Fsp3) is 0.600. The van der Waals surface area contributed by atoms with Gasteiger partial charge in [-0.2, -0.15) is 0 Å². The van der Waals surface area contributed by atoms with E-state index in [4.69, 9.17) is 0 Å². The van der Waals surface area contributed by atoms with E-state index in [1.54, 1.807) is 12.1 Å². The van der Waals surface area contributed by atoms with Crippen LogP contribution in [0.3, 0.4) is 0 Å². The molecule has 0 aliphatic heterocycles. The van der Waals surface area contributed by atoms with Crippen molar-refractivity contribution in [3.8, 4) is 5.75 Å². The van der Waals surface area contributed by atoms with Gasteiger partial charge in [0.2, 0.25) is 0 Å². The second-order valence-corrected chi connectivity index (χ2v) is 5.89. The van der Waals surface area contributed by atoms with Gasteiger partial charge in [0.25, 0.3) is 0 Å². The number of halogens is 1. The molecule has 0 spiro atoms. The average Bonchev–Trinajstić information content (AvgIpc) is 2.29. The fourth-order valence-electron chi connectivity index (χ4n) is 2.87. The molecular formula is C15H23FN2O. The molecule has 3 nitrogen and oxygen atoms in total. The molecule has 19 heavy (non-hydrogen) atoms. The minimum Gasteiger partial charge on any atom is -0.505 e. The predicted molar refractivity (Wildman–Crippen MR) is 74.7 cm³/mol. The Morgan fingerprint density at radius 1 is 1.26 bits per heavy atom. The molecule has 0 saturated heterocycles. The lowest BCUT2D eigenvalue weighted by atomic mass is 9.75. The first kappa shape index (κ1) is 14.3. The average molecular weight is 266 g/mol. The Morgan fingerprint density at radius 3 is 2.47 bits per heavy atom. The highest BCUT2D eigenvalue weighted by atomic mass is 19.1. The minimum atomic E-state index is -0.545. The van der Waals surface area contributed by atoms with Crippen molar-refractivity contribution in [2.24, 2.45) is 0 Å². The van der Waals surface area contributed by atoms with E-state index in [2.05, 4.69) is 23.9 Å². The number of rotatable bonds is 5. The van der Waals surface area contributed by atoms with Crippen LogP contribution in [-0.2, 0) is 6.54 Å². The lowest BCUT2D eigenvalue weighted by Gasteiger charge is -2.49. The van der Waals surface area contributed by atoms with E-state index in [0.29, 0.717) is 12.1 Å². The van der Waals surface area contributed by atoms with Crippen LogP contribution in [0.25, 0.3) is 0 Å². The normalized spacial score (nSPS) is 17.8. The lowest BCUT2D eigenvalue weighted by Crippen LogP contribution is -2.56. The number of para-hydroxylation sites is 1. The monoisotopic (exact) mass is 266 g/mol. The van der Waals surface area contributed by atoms with E-state index in [9.17, 15) is 9.50 Å². The number of nitrogens with zero attached hydrogens (tertiary/aromatic N) is 2. The van der Waals surface area contributed by atoms with Gasteiger partial charge in [0, 0.05) is 24.2 Å². The van der Waals surface area contributed by atoms with Gasteiger partial charge in [-0.05, 0) is 46.5 Å². The molecule has 4 heteroatoms. The standard InChI is InChI=1S/C15H23FN2O/c1-17(2)15(8-5-9-15)11-18(3)10-12-6-4-7-13(16)14(12)19/h4,6-7,19H,5,8-11H2,1-3H3. The van der Waals surface area contributed by atoms with E-state index >= 15 is 0 Å². The zero-order valence-electron chi connectivity index (χ0n) is 12.0. The van der Waals surface area contributed by atoms with Crippen LogP contribution < -0.4 is 0 Å². The Hall–Kier alpha value is -1.13. The van der Waals surface area contributed by atoms with Gasteiger partial charge in [-0.1, -0.05) is 12.1 Å². The number of phenolic OH excluding ortho intramolecular Hbond substituents is 1. The van der Waals surface area contributed by atoms with Crippen molar-refractivity contribution in [3.63, 3.8) is 0 Å². The van der Waals surface area contributed by atoms with Gasteiger partial charge >= 0.3 is 0 Å². The molecule has 1 saturated carbocycles. The van der Waals surface area contributed by atoms with Crippen molar-refractivity contribution in [1.82, 2.24) is 9.80 Å². The summed E-state index contributed by atoms with van der Waals surface area (Å²) in [6, 6.07) is 4.70. The number of aromatic hydroxyl groups is 1. The fourth-order valence-corrected chi connectivity index (χ4v) is 2.87. The number of hydrogen-bond donors (Lipinski definition) is 1. The van der Waals surface area contributed by atoms with Crippen molar-refractivity contribution in [2.75, 3.05) is 27.7 Å². The third-order valence-corrected chi connectivity index (χ3v) is 4.31. The van der Waals surface area contributed by atoms with Crippen molar-refractivity contribution < 1.29 is 9.50 Å². The van der Waals surface area contributed by atoms with Crippen LogP contribution in [-0.4, -0.2) is 48.1 Å². The number of likely N-dealkylation sites (N-methyl/N-ethyl adjacent to an activating group) is 2. The minimum absolute atomic E-state index is 0.220. The third-order valence-electron chi connectivity index (χ3n) is 4.31. The zero-order valence-corrected chi connectivity index (χ0v) is 12.0. The molecule has 0 amide bonds. The molecule has 0 radical (unpaired) electrons. The van der Waals surface area contributed by atoms with E-state index in [1.165, 1.54) is 25.3 Å². The Labute approximate surface area is 114 Å². The molecule has 1 aliphatic carbocycles. The van der Waals surface area contributed by atoms with Gasteiger partial charge in [0.05, 0.1) is 0 Å². The maximum atomic E-state index is 13.3. The first-order chi connectivity index (χ1) is 8.94. The van der Waals surface area contributed by atoms with Crippen LogP contribution in [0.4, 0.5) is 4.39 Å². The van der Waals surface area contributed by atoms with E-state index < -0.39 is 5.82 Å². The summed E-state index contributed by atoms with van der Waals surface area (Å²) in [7, 11) is 6.26.